The van der Waals surface area contributed by atoms with Crippen molar-refractivity contribution in [2.24, 2.45) is 0 Å². The second kappa shape index (κ2) is 5.98. The molecule has 0 unspecified atom stereocenters. The molecule has 1 aromatic rings. The SMILES string of the molecule is CCCCCc1nc([C@@H](C)N2CCCC2=O)n[nH]1. The molecule has 1 atom stereocenters. The Balaban J connectivity index is 1.94. The van der Waals surface area contributed by atoms with E-state index in [0.717, 1.165) is 37.5 Å². The minimum Gasteiger partial charge on any atom is -0.333 e. The number of rotatable bonds is 6. The van der Waals surface area contributed by atoms with Gasteiger partial charge < -0.3 is 4.90 Å². The van der Waals surface area contributed by atoms with Gasteiger partial charge in [0.2, 0.25) is 5.91 Å². The Morgan fingerprint density at radius 2 is 2.28 bits per heavy atom. The molecule has 18 heavy (non-hydrogen) atoms. The maximum absolute atomic E-state index is 11.7. The minimum absolute atomic E-state index is 0.00354. The van der Waals surface area contributed by atoms with Crippen LogP contribution in [0.3, 0.4) is 0 Å². The van der Waals surface area contributed by atoms with E-state index >= 15 is 0 Å². The lowest BCUT2D eigenvalue weighted by molar-refractivity contribution is -0.129. The van der Waals surface area contributed by atoms with Crippen molar-refractivity contribution in [3.63, 3.8) is 0 Å². The van der Waals surface area contributed by atoms with E-state index in [2.05, 4.69) is 22.1 Å². The van der Waals surface area contributed by atoms with E-state index in [1.54, 1.807) is 0 Å². The van der Waals surface area contributed by atoms with Crippen molar-refractivity contribution >= 4 is 5.91 Å². The molecule has 0 aliphatic carbocycles. The first-order valence-corrected chi connectivity index (χ1v) is 6.93. The maximum atomic E-state index is 11.7. The Morgan fingerprint density at radius 3 is 2.94 bits per heavy atom. The minimum atomic E-state index is -0.00354. The van der Waals surface area contributed by atoms with E-state index in [0.29, 0.717) is 6.42 Å². The molecule has 1 aliphatic rings. The second-order valence-electron chi connectivity index (χ2n) is 4.96. The van der Waals surface area contributed by atoms with Gasteiger partial charge in [0.15, 0.2) is 5.82 Å². The zero-order chi connectivity index (χ0) is 13.0. The number of carbonyl (C=O) groups excluding carboxylic acids is 1. The van der Waals surface area contributed by atoms with Crippen LogP contribution in [0.25, 0.3) is 0 Å². The number of aryl methyl sites for hydroxylation is 1. The zero-order valence-electron chi connectivity index (χ0n) is 11.3. The molecule has 0 saturated carbocycles. The molecule has 0 bridgehead atoms. The molecular weight excluding hydrogens is 228 g/mol. The number of nitrogens with one attached hydrogen (secondary N) is 1. The number of hydrogen-bond donors (Lipinski definition) is 1. The molecule has 1 aromatic heterocycles. The number of hydrogen-bond acceptors (Lipinski definition) is 3. The van der Waals surface area contributed by atoms with Gasteiger partial charge in [-0.3, -0.25) is 9.89 Å². The Hall–Kier alpha value is -1.39. The van der Waals surface area contributed by atoms with E-state index in [1.165, 1.54) is 12.8 Å². The molecule has 1 saturated heterocycles. The number of nitrogens with zero attached hydrogens (tertiary/aromatic N) is 3. The Labute approximate surface area is 108 Å². The van der Waals surface area contributed by atoms with Crippen molar-refractivity contribution in [2.75, 3.05) is 6.54 Å². The van der Waals surface area contributed by atoms with Gasteiger partial charge in [-0.15, -0.1) is 0 Å². The molecule has 1 amide bonds. The zero-order valence-corrected chi connectivity index (χ0v) is 11.3. The molecule has 2 rings (SSSR count). The van der Waals surface area contributed by atoms with Crippen LogP contribution >= 0.6 is 0 Å². The number of likely N-dealkylation sites (tertiary alicyclic amines) is 1. The van der Waals surface area contributed by atoms with Crippen LogP contribution in [0.2, 0.25) is 0 Å². The lowest BCUT2D eigenvalue weighted by Gasteiger charge is -2.21. The summed E-state index contributed by atoms with van der Waals surface area (Å²) >= 11 is 0. The monoisotopic (exact) mass is 250 g/mol. The Morgan fingerprint density at radius 1 is 1.44 bits per heavy atom. The van der Waals surface area contributed by atoms with Crippen LogP contribution in [-0.2, 0) is 11.2 Å². The summed E-state index contributed by atoms with van der Waals surface area (Å²) in [5.41, 5.74) is 0. The first-order valence-electron chi connectivity index (χ1n) is 6.93. The summed E-state index contributed by atoms with van der Waals surface area (Å²) in [6, 6.07) is -0.00354. The summed E-state index contributed by atoms with van der Waals surface area (Å²) in [5, 5.41) is 7.23. The molecule has 100 valence electrons. The second-order valence-corrected chi connectivity index (χ2v) is 4.96. The summed E-state index contributed by atoms with van der Waals surface area (Å²) in [4.78, 5) is 18.0. The molecular formula is C13H22N4O. The number of unbranched alkanes of at least 4 members (excludes halogenated alkanes) is 2. The van der Waals surface area contributed by atoms with E-state index in [9.17, 15) is 4.79 Å². The van der Waals surface area contributed by atoms with Crippen LogP contribution in [-0.4, -0.2) is 32.5 Å². The van der Waals surface area contributed by atoms with Crippen LogP contribution in [0.4, 0.5) is 0 Å². The Bertz CT molecular complexity index is 401. The topological polar surface area (TPSA) is 61.9 Å². The van der Waals surface area contributed by atoms with Gasteiger partial charge in [0.1, 0.15) is 5.82 Å². The molecule has 1 aliphatic heterocycles. The molecule has 0 spiro atoms. The highest BCUT2D eigenvalue weighted by Gasteiger charge is 2.28. The molecule has 5 nitrogen and oxygen atoms in total. The third-order valence-electron chi connectivity index (χ3n) is 3.52. The fourth-order valence-corrected chi connectivity index (χ4v) is 2.37. The van der Waals surface area contributed by atoms with Crippen LogP contribution in [0.5, 0.6) is 0 Å². The van der Waals surface area contributed by atoms with Crippen LogP contribution in [0.1, 0.15) is 63.6 Å². The van der Waals surface area contributed by atoms with Crippen molar-refractivity contribution in [3.05, 3.63) is 11.6 Å². The van der Waals surface area contributed by atoms with Gasteiger partial charge in [0, 0.05) is 19.4 Å². The van der Waals surface area contributed by atoms with Crippen LogP contribution in [0.15, 0.2) is 0 Å². The van der Waals surface area contributed by atoms with Crippen molar-refractivity contribution in [3.8, 4) is 0 Å². The first kappa shape index (κ1) is 13.1. The first-order chi connectivity index (χ1) is 8.72. The average Bonchev–Trinajstić information content (AvgIpc) is 2.98. The van der Waals surface area contributed by atoms with Gasteiger partial charge >= 0.3 is 0 Å². The smallest absolute Gasteiger partial charge is 0.223 e. The van der Waals surface area contributed by atoms with E-state index in [1.807, 2.05) is 11.8 Å². The molecule has 0 radical (unpaired) electrons. The molecule has 1 N–H and O–H groups in total. The molecule has 1 fully saturated rings. The number of aromatic amines is 1. The number of amides is 1. The quantitative estimate of drug-likeness (QED) is 0.787. The third-order valence-corrected chi connectivity index (χ3v) is 3.52. The standard InChI is InChI=1S/C13H22N4O/c1-3-4-5-7-11-14-13(16-15-11)10(2)17-9-6-8-12(17)18/h10H,3-9H2,1-2H3,(H,14,15,16)/t10-/m1/s1. The summed E-state index contributed by atoms with van der Waals surface area (Å²) in [7, 11) is 0. The summed E-state index contributed by atoms with van der Waals surface area (Å²) < 4.78 is 0. The number of aromatic nitrogens is 3. The van der Waals surface area contributed by atoms with E-state index in [-0.39, 0.29) is 11.9 Å². The highest BCUT2D eigenvalue weighted by Crippen LogP contribution is 2.23. The predicted molar refractivity (Wildman–Crippen MR) is 69.0 cm³/mol. The highest BCUT2D eigenvalue weighted by atomic mass is 16.2. The predicted octanol–water partition coefficient (Wildman–Crippen LogP) is 2.22. The number of carbonyl (C=O) groups is 1. The van der Waals surface area contributed by atoms with Crippen LogP contribution in [0, 0.1) is 0 Å². The summed E-state index contributed by atoms with van der Waals surface area (Å²) in [6.07, 6.45) is 6.13. The molecule has 0 aromatic carbocycles. The van der Waals surface area contributed by atoms with Gasteiger partial charge in [-0.1, -0.05) is 19.8 Å². The van der Waals surface area contributed by atoms with Gasteiger partial charge in [-0.05, 0) is 19.8 Å². The van der Waals surface area contributed by atoms with Crippen molar-refractivity contribution in [2.45, 2.75) is 58.4 Å². The lowest BCUT2D eigenvalue weighted by atomic mass is 10.2. The molecule has 5 heteroatoms. The number of H-pyrrole nitrogens is 1. The fraction of sp³-hybridized carbons (Fsp3) is 0.769. The third kappa shape index (κ3) is 2.89. The average molecular weight is 250 g/mol. The van der Waals surface area contributed by atoms with Gasteiger partial charge in [-0.2, -0.15) is 5.10 Å². The molecule has 2 heterocycles. The largest absolute Gasteiger partial charge is 0.333 e. The fourth-order valence-electron chi connectivity index (χ4n) is 2.37. The van der Waals surface area contributed by atoms with Gasteiger partial charge in [0.25, 0.3) is 0 Å². The van der Waals surface area contributed by atoms with Gasteiger partial charge in [-0.25, -0.2) is 4.98 Å². The highest BCUT2D eigenvalue weighted by molar-refractivity contribution is 5.78. The van der Waals surface area contributed by atoms with Gasteiger partial charge in [0.05, 0.1) is 6.04 Å². The van der Waals surface area contributed by atoms with Crippen molar-refractivity contribution in [1.82, 2.24) is 20.1 Å². The van der Waals surface area contributed by atoms with Crippen LogP contribution < -0.4 is 0 Å². The normalized spacial score (nSPS) is 17.4. The lowest BCUT2D eigenvalue weighted by Crippen LogP contribution is -2.28. The van der Waals surface area contributed by atoms with Crippen molar-refractivity contribution in [1.29, 1.82) is 0 Å². The van der Waals surface area contributed by atoms with E-state index in [4.69, 9.17) is 0 Å². The van der Waals surface area contributed by atoms with Crippen molar-refractivity contribution < 1.29 is 4.79 Å². The maximum Gasteiger partial charge on any atom is 0.223 e. The summed E-state index contributed by atoms with van der Waals surface area (Å²) in [6.45, 7) is 5.02. The summed E-state index contributed by atoms with van der Waals surface area (Å²) in [5.74, 6) is 1.91. The van der Waals surface area contributed by atoms with E-state index < -0.39 is 0 Å². The Kier molecular flexibility index (Phi) is 4.33.